The van der Waals surface area contributed by atoms with Crippen molar-refractivity contribution in [3.05, 3.63) is 28.8 Å². The number of aromatic carboxylic acids is 1. The number of amides is 1. The van der Waals surface area contributed by atoms with E-state index in [0.717, 1.165) is 12.8 Å². The molecule has 0 saturated carbocycles. The zero-order valence-corrected chi connectivity index (χ0v) is 11.4. The van der Waals surface area contributed by atoms with Gasteiger partial charge in [-0.1, -0.05) is 24.9 Å². The summed E-state index contributed by atoms with van der Waals surface area (Å²) in [6.07, 6.45) is 1.88. The molecule has 0 spiro atoms. The van der Waals surface area contributed by atoms with Crippen molar-refractivity contribution in [1.29, 1.82) is 0 Å². The van der Waals surface area contributed by atoms with Gasteiger partial charge in [0.2, 0.25) is 0 Å². The number of halogens is 1. The first-order valence-electron chi connectivity index (χ1n) is 5.97. The van der Waals surface area contributed by atoms with E-state index in [1.54, 1.807) is 0 Å². The van der Waals surface area contributed by atoms with E-state index in [-0.39, 0.29) is 23.8 Å². The van der Waals surface area contributed by atoms with Gasteiger partial charge in [-0.25, -0.2) is 4.79 Å². The van der Waals surface area contributed by atoms with Gasteiger partial charge in [0.25, 0.3) is 5.91 Å². The van der Waals surface area contributed by atoms with Crippen LogP contribution in [-0.4, -0.2) is 30.1 Å². The fourth-order valence-corrected chi connectivity index (χ4v) is 1.57. The number of benzene rings is 1. The molecule has 0 aliphatic rings. The Morgan fingerprint density at radius 2 is 2.16 bits per heavy atom. The minimum atomic E-state index is -1.15. The van der Waals surface area contributed by atoms with Gasteiger partial charge in [-0.3, -0.25) is 4.79 Å². The van der Waals surface area contributed by atoms with Crippen molar-refractivity contribution in [2.75, 3.05) is 13.2 Å². The lowest BCUT2D eigenvalue weighted by atomic mass is 10.2. The van der Waals surface area contributed by atoms with Gasteiger partial charge in [0, 0.05) is 11.6 Å². The lowest BCUT2D eigenvalue weighted by Gasteiger charge is -2.09. The molecule has 0 saturated heterocycles. The van der Waals surface area contributed by atoms with Gasteiger partial charge in [0.05, 0.1) is 0 Å². The van der Waals surface area contributed by atoms with Crippen LogP contribution in [0.1, 0.15) is 30.1 Å². The highest BCUT2D eigenvalue weighted by molar-refractivity contribution is 6.31. The van der Waals surface area contributed by atoms with E-state index in [1.165, 1.54) is 18.2 Å². The predicted molar refractivity (Wildman–Crippen MR) is 71.8 cm³/mol. The summed E-state index contributed by atoms with van der Waals surface area (Å²) >= 11 is 5.71. The Labute approximate surface area is 116 Å². The molecular formula is C13H16ClNO4. The maximum atomic E-state index is 11.4. The number of carboxylic acids is 1. The summed E-state index contributed by atoms with van der Waals surface area (Å²) in [6, 6.07) is 4.23. The van der Waals surface area contributed by atoms with Gasteiger partial charge < -0.3 is 15.2 Å². The Morgan fingerprint density at radius 1 is 1.42 bits per heavy atom. The monoisotopic (exact) mass is 285 g/mol. The zero-order valence-electron chi connectivity index (χ0n) is 10.6. The summed E-state index contributed by atoms with van der Waals surface area (Å²) in [5.41, 5.74) is -0.0612. The van der Waals surface area contributed by atoms with Crippen LogP contribution in [0.25, 0.3) is 0 Å². The molecule has 6 heteroatoms. The minimum Gasteiger partial charge on any atom is -0.483 e. The second-order valence-corrected chi connectivity index (χ2v) is 4.37. The second-order valence-electron chi connectivity index (χ2n) is 3.94. The number of carbonyl (C=O) groups excluding carboxylic acids is 1. The number of nitrogens with one attached hydrogen (secondary N) is 1. The van der Waals surface area contributed by atoms with Crippen LogP contribution in [0.5, 0.6) is 5.75 Å². The first-order valence-corrected chi connectivity index (χ1v) is 6.34. The van der Waals surface area contributed by atoms with Gasteiger partial charge in [-0.2, -0.15) is 0 Å². The maximum absolute atomic E-state index is 11.4. The van der Waals surface area contributed by atoms with Crippen molar-refractivity contribution in [1.82, 2.24) is 5.32 Å². The van der Waals surface area contributed by atoms with Gasteiger partial charge in [-0.05, 0) is 24.6 Å². The smallest absolute Gasteiger partial charge is 0.339 e. The van der Waals surface area contributed by atoms with E-state index in [9.17, 15) is 9.59 Å². The number of unbranched alkanes of at least 4 members (excludes halogenated alkanes) is 1. The van der Waals surface area contributed by atoms with Crippen LogP contribution < -0.4 is 10.1 Å². The third-order valence-corrected chi connectivity index (χ3v) is 2.62. The molecule has 0 aliphatic carbocycles. The molecular weight excluding hydrogens is 270 g/mol. The summed E-state index contributed by atoms with van der Waals surface area (Å²) in [5.74, 6) is -1.30. The van der Waals surface area contributed by atoms with E-state index in [0.29, 0.717) is 11.6 Å². The second kappa shape index (κ2) is 7.63. The number of hydrogen-bond donors (Lipinski definition) is 2. The van der Waals surface area contributed by atoms with Crippen molar-refractivity contribution >= 4 is 23.5 Å². The van der Waals surface area contributed by atoms with Crippen molar-refractivity contribution in [3.63, 3.8) is 0 Å². The number of hydrogen-bond acceptors (Lipinski definition) is 3. The van der Waals surface area contributed by atoms with Crippen LogP contribution >= 0.6 is 11.6 Å². The molecule has 19 heavy (non-hydrogen) atoms. The summed E-state index contributed by atoms with van der Waals surface area (Å²) in [6.45, 7) is 2.40. The lowest BCUT2D eigenvalue weighted by molar-refractivity contribution is -0.123. The standard InChI is InChI=1S/C13H16ClNO4/c1-2-3-6-15-12(16)8-19-11-5-4-9(14)7-10(11)13(17)18/h4-5,7H,2-3,6,8H2,1H3,(H,15,16)(H,17,18). The first-order chi connectivity index (χ1) is 9.04. The molecule has 0 unspecified atom stereocenters. The fourth-order valence-electron chi connectivity index (χ4n) is 1.39. The highest BCUT2D eigenvalue weighted by Gasteiger charge is 2.13. The molecule has 0 heterocycles. The van der Waals surface area contributed by atoms with Gasteiger partial charge >= 0.3 is 5.97 Å². The number of carboxylic acid groups (broad SMARTS) is 1. The van der Waals surface area contributed by atoms with E-state index in [2.05, 4.69) is 5.32 Å². The van der Waals surface area contributed by atoms with E-state index < -0.39 is 5.97 Å². The van der Waals surface area contributed by atoms with E-state index in [4.69, 9.17) is 21.4 Å². The van der Waals surface area contributed by atoms with Crippen LogP contribution in [-0.2, 0) is 4.79 Å². The van der Waals surface area contributed by atoms with Crippen molar-refractivity contribution < 1.29 is 19.4 Å². The molecule has 0 aromatic heterocycles. The van der Waals surface area contributed by atoms with Crippen LogP contribution in [0.3, 0.4) is 0 Å². The summed E-state index contributed by atoms with van der Waals surface area (Å²) in [7, 11) is 0. The highest BCUT2D eigenvalue weighted by Crippen LogP contribution is 2.22. The lowest BCUT2D eigenvalue weighted by Crippen LogP contribution is -2.29. The number of rotatable bonds is 7. The normalized spacial score (nSPS) is 10.0. The average molecular weight is 286 g/mol. The molecule has 1 aromatic rings. The Kier molecular flexibility index (Phi) is 6.15. The van der Waals surface area contributed by atoms with Crippen LogP contribution in [0.2, 0.25) is 5.02 Å². The minimum absolute atomic E-state index is 0.0612. The van der Waals surface area contributed by atoms with E-state index in [1.807, 2.05) is 6.92 Å². The van der Waals surface area contributed by atoms with Crippen molar-refractivity contribution in [2.24, 2.45) is 0 Å². The molecule has 0 bridgehead atoms. The molecule has 2 N–H and O–H groups in total. The highest BCUT2D eigenvalue weighted by atomic mass is 35.5. The van der Waals surface area contributed by atoms with Crippen molar-refractivity contribution in [2.45, 2.75) is 19.8 Å². The summed E-state index contributed by atoms with van der Waals surface area (Å²) < 4.78 is 5.19. The van der Waals surface area contributed by atoms with Crippen LogP contribution in [0.4, 0.5) is 0 Å². The molecule has 1 aromatic carbocycles. The molecule has 104 valence electrons. The molecule has 0 atom stereocenters. The SMILES string of the molecule is CCCCNC(=O)COc1ccc(Cl)cc1C(=O)O. The molecule has 1 amide bonds. The molecule has 0 aliphatic heterocycles. The molecule has 0 fully saturated rings. The number of ether oxygens (including phenoxy) is 1. The first kappa shape index (κ1) is 15.3. The third kappa shape index (κ3) is 5.18. The molecule has 5 nitrogen and oxygen atoms in total. The number of carbonyl (C=O) groups is 2. The Balaban J connectivity index is 2.57. The topological polar surface area (TPSA) is 75.6 Å². The fraction of sp³-hybridized carbons (Fsp3) is 0.385. The Bertz CT molecular complexity index is 462. The van der Waals surface area contributed by atoms with Crippen LogP contribution in [0, 0.1) is 0 Å². The van der Waals surface area contributed by atoms with Gasteiger partial charge in [0.15, 0.2) is 6.61 Å². The summed E-state index contributed by atoms with van der Waals surface area (Å²) in [5, 5.41) is 12.0. The zero-order chi connectivity index (χ0) is 14.3. The third-order valence-electron chi connectivity index (χ3n) is 2.38. The maximum Gasteiger partial charge on any atom is 0.339 e. The van der Waals surface area contributed by atoms with E-state index >= 15 is 0 Å². The van der Waals surface area contributed by atoms with Crippen LogP contribution in [0.15, 0.2) is 18.2 Å². The molecule has 0 radical (unpaired) electrons. The Morgan fingerprint density at radius 3 is 2.79 bits per heavy atom. The average Bonchev–Trinajstić information content (AvgIpc) is 2.37. The molecule has 1 rings (SSSR count). The van der Waals surface area contributed by atoms with Crippen molar-refractivity contribution in [3.8, 4) is 5.75 Å². The summed E-state index contributed by atoms with van der Waals surface area (Å²) in [4.78, 5) is 22.4. The predicted octanol–water partition coefficient (Wildman–Crippen LogP) is 2.33. The largest absolute Gasteiger partial charge is 0.483 e. The van der Waals surface area contributed by atoms with Gasteiger partial charge in [-0.15, -0.1) is 0 Å². The Hall–Kier alpha value is -1.75. The quantitative estimate of drug-likeness (QED) is 0.754. The van der Waals surface area contributed by atoms with Gasteiger partial charge in [0.1, 0.15) is 11.3 Å².